The van der Waals surface area contributed by atoms with Gasteiger partial charge in [-0.2, -0.15) is 0 Å². The van der Waals surface area contributed by atoms with E-state index in [0.717, 1.165) is 5.56 Å². The van der Waals surface area contributed by atoms with Gasteiger partial charge in [0.05, 0.1) is 24.3 Å². The molecule has 12 nitrogen and oxygen atoms in total. The average Bonchev–Trinajstić information content (AvgIpc) is 2.96. The largest absolute Gasteiger partial charge is 0.481 e. The maximum absolute atomic E-state index is 13.5. The first-order valence-electron chi connectivity index (χ1n) is 14.5. The number of aliphatic carboxylic acids is 1. The fourth-order valence-electron chi connectivity index (χ4n) is 4.86. The number of nitrogens with one attached hydrogen (secondary N) is 3. The van der Waals surface area contributed by atoms with Crippen molar-refractivity contribution in [2.45, 2.75) is 57.7 Å². The van der Waals surface area contributed by atoms with Gasteiger partial charge in [-0.05, 0) is 23.5 Å². The normalized spacial score (nSPS) is 16.3. The van der Waals surface area contributed by atoms with E-state index in [2.05, 4.69) is 16.0 Å². The third kappa shape index (κ3) is 11.1. The Morgan fingerprint density at radius 3 is 1.84 bits per heavy atom. The molecule has 1 aliphatic rings. The fraction of sp³-hybridized carbons (Fsp3) is 0.452. The summed E-state index contributed by atoms with van der Waals surface area (Å²) >= 11 is 0. The topological polar surface area (TPSA) is 179 Å². The first-order valence-corrected chi connectivity index (χ1v) is 16.3. The molecule has 0 aliphatic carbocycles. The highest BCUT2D eigenvalue weighted by Crippen LogP contribution is 2.12. The second kappa shape index (κ2) is 16.0. The molecule has 2 aromatic rings. The van der Waals surface area contributed by atoms with Gasteiger partial charge in [0.1, 0.15) is 18.1 Å². The minimum Gasteiger partial charge on any atom is -0.481 e. The fourth-order valence-corrected chi connectivity index (χ4v) is 6.06. The molecule has 0 aromatic heterocycles. The number of hydrogen-bond acceptors (Lipinski definition) is 7. The van der Waals surface area contributed by atoms with E-state index in [1.54, 1.807) is 54.6 Å². The van der Waals surface area contributed by atoms with Gasteiger partial charge in [0.15, 0.2) is 9.84 Å². The van der Waals surface area contributed by atoms with Gasteiger partial charge >= 0.3 is 5.97 Å². The van der Waals surface area contributed by atoms with E-state index < -0.39 is 64.0 Å². The number of benzene rings is 2. The number of carbonyl (C=O) groups is 5. The van der Waals surface area contributed by atoms with Crippen molar-refractivity contribution in [3.8, 4) is 0 Å². The number of hydrogen-bond donors (Lipinski definition) is 4. The molecule has 0 bridgehead atoms. The molecule has 1 saturated heterocycles. The van der Waals surface area contributed by atoms with Crippen molar-refractivity contribution >= 4 is 39.4 Å². The van der Waals surface area contributed by atoms with Crippen LogP contribution in [0.5, 0.6) is 0 Å². The molecule has 1 heterocycles. The number of sulfone groups is 1. The summed E-state index contributed by atoms with van der Waals surface area (Å²) in [7, 11) is -3.26. The highest BCUT2D eigenvalue weighted by molar-refractivity contribution is 7.91. The Labute approximate surface area is 257 Å². The summed E-state index contributed by atoms with van der Waals surface area (Å²) < 4.78 is 23.8. The molecule has 1 aliphatic heterocycles. The number of carbonyl (C=O) groups excluding carboxylic acids is 4. The van der Waals surface area contributed by atoms with E-state index in [1.165, 1.54) is 4.90 Å². The highest BCUT2D eigenvalue weighted by atomic mass is 32.2. The summed E-state index contributed by atoms with van der Waals surface area (Å²) in [5.74, 6) is -4.31. The maximum atomic E-state index is 13.5. The van der Waals surface area contributed by atoms with Gasteiger partial charge in [-0.3, -0.25) is 24.0 Å². The quantitative estimate of drug-likeness (QED) is 0.236. The summed E-state index contributed by atoms with van der Waals surface area (Å²) in [5, 5.41) is 17.3. The molecule has 0 radical (unpaired) electrons. The van der Waals surface area contributed by atoms with Crippen LogP contribution in [0.4, 0.5) is 0 Å². The molecular weight excluding hydrogens is 588 g/mol. The molecule has 0 saturated carbocycles. The molecule has 0 spiro atoms. The van der Waals surface area contributed by atoms with E-state index in [4.69, 9.17) is 0 Å². The van der Waals surface area contributed by atoms with E-state index >= 15 is 0 Å². The van der Waals surface area contributed by atoms with E-state index in [9.17, 15) is 37.5 Å². The van der Waals surface area contributed by atoms with Crippen LogP contribution in [0.25, 0.3) is 0 Å². The smallest absolute Gasteiger partial charge is 0.305 e. The Kier molecular flexibility index (Phi) is 12.4. The van der Waals surface area contributed by atoms with Crippen LogP contribution in [0, 0.1) is 5.92 Å². The third-order valence-corrected chi connectivity index (χ3v) is 8.74. The van der Waals surface area contributed by atoms with Gasteiger partial charge in [-0.25, -0.2) is 8.42 Å². The monoisotopic (exact) mass is 628 g/mol. The van der Waals surface area contributed by atoms with Crippen molar-refractivity contribution in [1.29, 1.82) is 0 Å². The molecular formula is C31H40N4O8S. The lowest BCUT2D eigenvalue weighted by Crippen LogP contribution is -2.59. The van der Waals surface area contributed by atoms with Crippen molar-refractivity contribution in [2.75, 3.05) is 24.6 Å². The summed E-state index contributed by atoms with van der Waals surface area (Å²) in [5.41, 5.74) is 1.46. The van der Waals surface area contributed by atoms with E-state index in [-0.39, 0.29) is 49.8 Å². The van der Waals surface area contributed by atoms with Crippen LogP contribution < -0.4 is 16.0 Å². The molecule has 3 atom stereocenters. The molecule has 238 valence electrons. The molecule has 1 fully saturated rings. The van der Waals surface area contributed by atoms with Crippen molar-refractivity contribution in [2.24, 2.45) is 5.92 Å². The minimum absolute atomic E-state index is 0.0178. The first kappa shape index (κ1) is 34.2. The van der Waals surface area contributed by atoms with Gasteiger partial charge in [-0.1, -0.05) is 74.5 Å². The Bertz CT molecular complexity index is 1400. The molecule has 44 heavy (non-hydrogen) atoms. The van der Waals surface area contributed by atoms with Crippen LogP contribution in [0.3, 0.4) is 0 Å². The zero-order valence-corrected chi connectivity index (χ0v) is 25.7. The number of rotatable bonds is 14. The zero-order chi connectivity index (χ0) is 32.3. The van der Waals surface area contributed by atoms with E-state index in [1.807, 2.05) is 19.9 Å². The summed E-state index contributed by atoms with van der Waals surface area (Å²) in [6.45, 7) is 3.65. The van der Waals surface area contributed by atoms with Crippen LogP contribution in [0.15, 0.2) is 60.7 Å². The molecule has 4 amide bonds. The summed E-state index contributed by atoms with van der Waals surface area (Å²) in [4.78, 5) is 66.1. The Hall–Kier alpha value is -4.26. The summed E-state index contributed by atoms with van der Waals surface area (Å²) in [6.07, 6.45) is -0.435. The van der Waals surface area contributed by atoms with Gasteiger partial charge in [0.25, 0.3) is 0 Å². The first-order chi connectivity index (χ1) is 20.8. The van der Waals surface area contributed by atoms with Crippen LogP contribution >= 0.6 is 0 Å². The van der Waals surface area contributed by atoms with Gasteiger partial charge in [0, 0.05) is 19.5 Å². The Morgan fingerprint density at radius 1 is 0.773 bits per heavy atom. The van der Waals surface area contributed by atoms with Gasteiger partial charge in [0.2, 0.25) is 23.6 Å². The predicted octanol–water partition coefficient (Wildman–Crippen LogP) is 0.704. The van der Waals surface area contributed by atoms with Gasteiger partial charge in [-0.15, -0.1) is 0 Å². The van der Waals surface area contributed by atoms with Crippen molar-refractivity contribution in [1.82, 2.24) is 20.9 Å². The Morgan fingerprint density at radius 2 is 1.30 bits per heavy atom. The number of nitrogens with zero attached hydrogens (tertiary/aromatic N) is 1. The molecule has 4 N–H and O–H groups in total. The third-order valence-electron chi connectivity index (χ3n) is 7.13. The lowest BCUT2D eigenvalue weighted by Gasteiger charge is -2.31. The van der Waals surface area contributed by atoms with Crippen molar-refractivity contribution in [3.05, 3.63) is 71.8 Å². The number of carboxylic acids is 1. The predicted molar refractivity (Wildman–Crippen MR) is 163 cm³/mol. The van der Waals surface area contributed by atoms with Crippen LogP contribution in [-0.4, -0.2) is 90.7 Å². The molecule has 2 aromatic carbocycles. The Balaban J connectivity index is 1.77. The molecule has 0 unspecified atom stereocenters. The number of carboxylic acid groups (broad SMARTS) is 1. The lowest BCUT2D eigenvalue weighted by atomic mass is 10.0. The summed E-state index contributed by atoms with van der Waals surface area (Å²) in [6, 6.07) is 14.1. The van der Waals surface area contributed by atoms with Crippen LogP contribution in [0.1, 0.15) is 37.8 Å². The lowest BCUT2D eigenvalue weighted by molar-refractivity contribution is -0.142. The number of amides is 4. The molecule has 13 heteroatoms. The maximum Gasteiger partial charge on any atom is 0.305 e. The van der Waals surface area contributed by atoms with E-state index in [0.29, 0.717) is 5.56 Å². The highest BCUT2D eigenvalue weighted by Gasteiger charge is 2.34. The van der Waals surface area contributed by atoms with Crippen LogP contribution in [0.2, 0.25) is 0 Å². The zero-order valence-electron chi connectivity index (χ0n) is 24.9. The average molecular weight is 629 g/mol. The second-order valence-corrected chi connectivity index (χ2v) is 13.6. The standard InChI is InChI=1S/C31H40N4O8S/c1-21(2)17-24(32-27(36)19-23-11-7-4-8-12-23)29(39)33-25(20-28(37)38)30(40)34-26(18-22-9-5-3-6-10-22)31(41)35-13-15-44(42,43)16-14-35/h3-12,21,24-26H,13-20H2,1-2H3,(H,32,36)(H,33,39)(H,34,40)(H,37,38)/t24-,25-,26-/m0/s1. The van der Waals surface area contributed by atoms with Crippen molar-refractivity contribution in [3.63, 3.8) is 0 Å². The minimum atomic E-state index is -3.26. The molecule has 3 rings (SSSR count). The van der Waals surface area contributed by atoms with Crippen LogP contribution in [-0.2, 0) is 46.7 Å². The second-order valence-electron chi connectivity index (χ2n) is 11.3. The SMILES string of the molecule is CC(C)C[C@H](NC(=O)Cc1ccccc1)C(=O)N[C@@H](CC(=O)O)C(=O)N[C@@H](Cc1ccccc1)C(=O)N1CCS(=O)(=O)CC1. The van der Waals surface area contributed by atoms with Crippen molar-refractivity contribution < 1.29 is 37.5 Å². The van der Waals surface area contributed by atoms with Gasteiger partial charge < -0.3 is 26.0 Å².